The third-order valence-electron chi connectivity index (χ3n) is 10.4. The molecule has 19 nitrogen and oxygen atoms in total. The lowest BCUT2D eigenvalue weighted by Crippen LogP contribution is -2.61. The minimum atomic E-state index is -1.78. The number of phenolic OH excluding ortho intramolecular Hbond substituents is 1. The molecule has 0 aliphatic heterocycles. The zero-order chi connectivity index (χ0) is 51.2. The van der Waals surface area contributed by atoms with Crippen LogP contribution in [0.3, 0.4) is 0 Å². The summed E-state index contributed by atoms with van der Waals surface area (Å²) >= 11 is 0. The highest BCUT2D eigenvalue weighted by atomic mass is 16.4. The fourth-order valence-corrected chi connectivity index (χ4v) is 6.75. The number of carboxylic acids is 1. The summed E-state index contributed by atoms with van der Waals surface area (Å²) < 4.78 is 0. The van der Waals surface area contributed by atoms with Crippen molar-refractivity contribution < 1.29 is 58.8 Å². The maximum atomic E-state index is 14.4. The Morgan fingerprint density at radius 3 is 1.88 bits per heavy atom. The zero-order valence-corrected chi connectivity index (χ0v) is 39.3. The molecule has 6 atom stereocenters. The fraction of sp³-hybridized carbons (Fsp3) is 0.360. The Balaban J connectivity index is 1.95. The summed E-state index contributed by atoms with van der Waals surface area (Å²) in [6.07, 6.45) is 7.29. The van der Waals surface area contributed by atoms with E-state index in [1.54, 1.807) is 50.3 Å². The minimum absolute atomic E-state index is 0.00424. The smallest absolute Gasteiger partial charge is 0.326 e. The van der Waals surface area contributed by atoms with E-state index >= 15 is 0 Å². The van der Waals surface area contributed by atoms with E-state index in [0.29, 0.717) is 11.1 Å². The van der Waals surface area contributed by atoms with E-state index in [1.165, 1.54) is 43.5 Å². The van der Waals surface area contributed by atoms with Crippen molar-refractivity contribution in [2.75, 3.05) is 13.7 Å². The number of rotatable bonds is 26. The van der Waals surface area contributed by atoms with Gasteiger partial charge in [-0.3, -0.25) is 33.6 Å². The predicted molar refractivity (Wildman–Crippen MR) is 258 cm³/mol. The molecule has 3 rings (SSSR count). The van der Waals surface area contributed by atoms with Gasteiger partial charge in [-0.1, -0.05) is 106 Å². The van der Waals surface area contributed by atoms with Gasteiger partial charge in [-0.2, -0.15) is 0 Å². The van der Waals surface area contributed by atoms with Crippen molar-refractivity contribution in [3.8, 4) is 5.75 Å². The lowest BCUT2D eigenvalue weighted by Gasteiger charge is -2.29. The van der Waals surface area contributed by atoms with Gasteiger partial charge in [0.2, 0.25) is 29.5 Å². The molecule has 3 aromatic rings. The van der Waals surface area contributed by atoms with Crippen LogP contribution in [0.15, 0.2) is 96.7 Å². The topological polar surface area (TPSA) is 307 Å². The van der Waals surface area contributed by atoms with E-state index in [0.717, 1.165) is 35.8 Å². The summed E-state index contributed by atoms with van der Waals surface area (Å²) in [4.78, 5) is 107. The molecule has 3 aromatic carbocycles. The standard InChI is InChI=1S/C50H63N7O12/c1-6-7-9-16-34-17-12-13-18-35(34)21-24-43(62)52-40(29-58)49(67)57(5)41(27-33-19-22-36(60)23-20-33)47(65)54-37(25-30(2)3)45(63)53-38(26-32-14-10-8-11-15-32)46(64)56-44(31(4)59)48(66)55-39(50(68)69)28-42(51)61/h8-24,27,30-31,37-40,44,58-60H,6-7,25-26,28-29H2,1-5H3,(H2,51,61)(H,52,62)(H,53,63)(H,54,65)(H,55,66)(H,56,64)(H,68,69)/b16-9-,24-21+,41-27+/t31?,37-,38+,39-,40-,44-/m0/s1. The molecular weight excluding hydrogens is 891 g/mol. The molecule has 0 saturated heterocycles. The number of carbonyl (C=O) groups excluding carboxylic acids is 7. The third kappa shape index (κ3) is 18.5. The van der Waals surface area contributed by atoms with Crippen LogP contribution in [0.25, 0.3) is 18.2 Å². The quantitative estimate of drug-likeness (QED) is 0.0515. The second-order valence-electron chi connectivity index (χ2n) is 16.6. The first-order chi connectivity index (χ1) is 32.7. The van der Waals surface area contributed by atoms with E-state index in [9.17, 15) is 58.8 Å². The van der Waals surface area contributed by atoms with Gasteiger partial charge < -0.3 is 57.6 Å². The number of likely N-dealkylation sites (N-methyl/N-ethyl adjacent to an activating group) is 1. The van der Waals surface area contributed by atoms with Crippen molar-refractivity contribution in [3.63, 3.8) is 0 Å². The summed E-state index contributed by atoms with van der Waals surface area (Å²) in [7, 11) is 1.23. The fourth-order valence-electron chi connectivity index (χ4n) is 6.75. The first kappa shape index (κ1) is 55.7. The molecule has 0 radical (unpaired) electrons. The number of aliphatic hydroxyl groups excluding tert-OH is 2. The van der Waals surface area contributed by atoms with Crippen LogP contribution in [-0.4, -0.2) is 123 Å². The van der Waals surface area contributed by atoms with Gasteiger partial charge in [0.25, 0.3) is 11.8 Å². The molecule has 0 fully saturated rings. The van der Waals surface area contributed by atoms with Crippen LogP contribution >= 0.6 is 0 Å². The van der Waals surface area contributed by atoms with E-state index in [-0.39, 0.29) is 30.2 Å². The molecular formula is C50H63N7O12. The number of carbonyl (C=O) groups is 8. The van der Waals surface area contributed by atoms with Crippen molar-refractivity contribution >= 4 is 65.5 Å². The zero-order valence-electron chi connectivity index (χ0n) is 39.3. The Morgan fingerprint density at radius 2 is 1.32 bits per heavy atom. The molecule has 0 spiro atoms. The maximum Gasteiger partial charge on any atom is 0.326 e. The van der Waals surface area contributed by atoms with Gasteiger partial charge in [0.1, 0.15) is 41.7 Å². The van der Waals surface area contributed by atoms with Crippen LogP contribution in [0, 0.1) is 5.92 Å². The van der Waals surface area contributed by atoms with Crippen LogP contribution in [0.5, 0.6) is 5.75 Å². The highest BCUT2D eigenvalue weighted by Gasteiger charge is 2.35. The molecule has 11 N–H and O–H groups in total. The number of benzene rings is 3. The number of hydrogen-bond acceptors (Lipinski definition) is 11. The molecule has 1 unspecified atom stereocenters. The molecule has 0 heterocycles. The van der Waals surface area contributed by atoms with Crippen LogP contribution in [0.1, 0.15) is 75.6 Å². The number of nitrogens with zero attached hydrogens (tertiary/aromatic N) is 1. The maximum absolute atomic E-state index is 14.4. The van der Waals surface area contributed by atoms with Crippen molar-refractivity contribution in [1.29, 1.82) is 0 Å². The first-order valence-corrected chi connectivity index (χ1v) is 22.3. The van der Waals surface area contributed by atoms with Gasteiger partial charge in [0.15, 0.2) is 0 Å². The number of hydrogen-bond donors (Lipinski definition) is 10. The van der Waals surface area contributed by atoms with Crippen molar-refractivity contribution in [3.05, 3.63) is 119 Å². The summed E-state index contributed by atoms with van der Waals surface area (Å²) in [6.45, 7) is 5.88. The number of aliphatic carboxylic acids is 1. The number of aromatic hydroxyl groups is 1. The molecule has 69 heavy (non-hydrogen) atoms. The lowest BCUT2D eigenvalue weighted by molar-refractivity contribution is -0.144. The number of aliphatic hydroxyl groups is 2. The number of unbranched alkanes of at least 4 members (excludes halogenated alkanes) is 1. The summed E-state index contributed by atoms with van der Waals surface area (Å²) in [6, 6.07) is 13.4. The van der Waals surface area contributed by atoms with E-state index in [4.69, 9.17) is 5.73 Å². The summed E-state index contributed by atoms with van der Waals surface area (Å²) in [5.74, 6) is -8.58. The van der Waals surface area contributed by atoms with Crippen LogP contribution in [0.4, 0.5) is 0 Å². The number of carboxylic acid groups (broad SMARTS) is 1. The molecule has 0 aliphatic rings. The SMILES string of the molecule is CCC/C=C\c1ccccc1/C=C/C(=O)N[C@@H](CO)C(=O)N(C)/C(=C/c1ccc(O)cc1)C(=O)N[C@@H](CC(C)C)C(=O)N[C@H](Cc1ccccc1)C(=O)N[C@H](C(=O)N[C@@H](CC(N)=O)C(=O)O)C(C)O. The average Bonchev–Trinajstić information content (AvgIpc) is 3.30. The number of amides is 7. The molecule has 7 amide bonds. The number of phenols is 1. The number of allylic oxidation sites excluding steroid dienone is 1. The molecule has 0 bridgehead atoms. The van der Waals surface area contributed by atoms with Gasteiger partial charge >= 0.3 is 5.97 Å². The number of primary amides is 1. The molecule has 0 aliphatic carbocycles. The van der Waals surface area contributed by atoms with E-state index < -0.39 is 96.7 Å². The molecule has 0 aromatic heterocycles. The summed E-state index contributed by atoms with van der Waals surface area (Å²) in [5.41, 5.74) is 7.27. The predicted octanol–water partition coefficient (Wildman–Crippen LogP) is 1.76. The van der Waals surface area contributed by atoms with Crippen LogP contribution in [0.2, 0.25) is 0 Å². The summed E-state index contributed by atoms with van der Waals surface area (Å²) in [5, 5.41) is 52.5. The Labute approximate surface area is 400 Å². The average molecular weight is 954 g/mol. The second-order valence-corrected chi connectivity index (χ2v) is 16.6. The van der Waals surface area contributed by atoms with Crippen LogP contribution in [-0.2, 0) is 44.8 Å². The van der Waals surface area contributed by atoms with Crippen molar-refractivity contribution in [2.45, 2.75) is 96.1 Å². The monoisotopic (exact) mass is 953 g/mol. The largest absolute Gasteiger partial charge is 0.508 e. The van der Waals surface area contributed by atoms with Gasteiger partial charge in [-0.25, -0.2) is 4.79 Å². The van der Waals surface area contributed by atoms with Gasteiger partial charge in [0.05, 0.1) is 19.1 Å². The Hall–Kier alpha value is -7.64. The highest BCUT2D eigenvalue weighted by Crippen LogP contribution is 2.18. The molecule has 19 heteroatoms. The second kappa shape index (κ2) is 27.9. The lowest BCUT2D eigenvalue weighted by atomic mass is 10.00. The Morgan fingerprint density at radius 1 is 0.725 bits per heavy atom. The van der Waals surface area contributed by atoms with Gasteiger partial charge in [-0.05, 0) is 72.2 Å². The number of nitrogens with two attached hydrogens (primary N) is 1. The first-order valence-electron chi connectivity index (χ1n) is 22.3. The molecule has 370 valence electrons. The Bertz CT molecular complexity index is 2350. The van der Waals surface area contributed by atoms with E-state index in [2.05, 4.69) is 33.5 Å². The van der Waals surface area contributed by atoms with Gasteiger partial charge in [-0.15, -0.1) is 0 Å². The van der Waals surface area contributed by atoms with E-state index in [1.807, 2.05) is 36.4 Å². The third-order valence-corrected chi connectivity index (χ3v) is 10.4. The normalized spacial score (nSPS) is 14.2. The Kier molecular flexibility index (Phi) is 22.5. The molecule has 0 saturated carbocycles. The van der Waals surface area contributed by atoms with Crippen molar-refractivity contribution in [2.24, 2.45) is 11.7 Å². The minimum Gasteiger partial charge on any atom is -0.508 e. The number of nitrogens with one attached hydrogen (secondary N) is 5. The van der Waals surface area contributed by atoms with Crippen LogP contribution < -0.4 is 32.3 Å². The van der Waals surface area contributed by atoms with Crippen molar-refractivity contribution in [1.82, 2.24) is 31.5 Å². The van der Waals surface area contributed by atoms with Gasteiger partial charge in [0, 0.05) is 19.5 Å². The highest BCUT2D eigenvalue weighted by molar-refractivity contribution is 6.05.